The first kappa shape index (κ1) is 20.5. The second kappa shape index (κ2) is 8.68. The number of anilines is 1. The maximum Gasteiger partial charge on any atom is 0.407 e. The van der Waals surface area contributed by atoms with Gasteiger partial charge in [-0.3, -0.25) is 9.69 Å². The number of rotatable bonds is 4. The highest BCUT2D eigenvalue weighted by molar-refractivity contribution is 6.32. The fraction of sp³-hybridized carbons (Fsp3) is 0.611. The summed E-state index contributed by atoms with van der Waals surface area (Å²) in [4.78, 5) is 30.3. The van der Waals surface area contributed by atoms with E-state index < -0.39 is 11.7 Å². The van der Waals surface area contributed by atoms with Crippen LogP contribution in [0, 0.1) is 0 Å². The largest absolute Gasteiger partial charge is 0.444 e. The molecule has 0 aromatic carbocycles. The molecule has 1 unspecified atom stereocenters. The van der Waals surface area contributed by atoms with E-state index in [1.165, 1.54) is 0 Å². The Bertz CT molecular complexity index is 640. The van der Waals surface area contributed by atoms with Crippen molar-refractivity contribution >= 4 is 29.3 Å². The van der Waals surface area contributed by atoms with Gasteiger partial charge in [0.1, 0.15) is 5.60 Å². The molecule has 7 nitrogen and oxygen atoms in total. The van der Waals surface area contributed by atoms with Crippen LogP contribution in [-0.2, 0) is 9.53 Å². The third-order valence-electron chi connectivity index (χ3n) is 4.19. The number of nitrogens with zero attached hydrogens (tertiary/aromatic N) is 2. The molecule has 1 aromatic heterocycles. The monoisotopic (exact) mass is 382 g/mol. The lowest BCUT2D eigenvalue weighted by Gasteiger charge is -2.35. The summed E-state index contributed by atoms with van der Waals surface area (Å²) in [6, 6.07) is 3.20. The number of carbonyl (C=O) groups excluding carboxylic acids is 2. The SMILES string of the molecule is CC(C(=O)Nc1cccnc1Cl)N1CCC(NC(=O)OC(C)(C)C)CC1. The molecule has 1 fully saturated rings. The fourth-order valence-electron chi connectivity index (χ4n) is 2.79. The van der Waals surface area contributed by atoms with Gasteiger partial charge in [0.05, 0.1) is 11.7 Å². The third-order valence-corrected chi connectivity index (χ3v) is 4.50. The van der Waals surface area contributed by atoms with Crippen molar-refractivity contribution in [3.8, 4) is 0 Å². The van der Waals surface area contributed by atoms with Crippen LogP contribution in [0.4, 0.5) is 10.5 Å². The molecule has 8 heteroatoms. The number of aromatic nitrogens is 1. The fourth-order valence-corrected chi connectivity index (χ4v) is 2.95. The number of alkyl carbamates (subject to hydrolysis) is 1. The highest BCUT2D eigenvalue weighted by atomic mass is 35.5. The second-order valence-electron chi connectivity index (χ2n) is 7.46. The van der Waals surface area contributed by atoms with Crippen molar-refractivity contribution in [2.45, 2.75) is 58.2 Å². The van der Waals surface area contributed by atoms with Crippen molar-refractivity contribution < 1.29 is 14.3 Å². The smallest absolute Gasteiger partial charge is 0.407 e. The summed E-state index contributed by atoms with van der Waals surface area (Å²) in [5.41, 5.74) is -0.00203. The average molecular weight is 383 g/mol. The quantitative estimate of drug-likeness (QED) is 0.782. The molecule has 1 saturated heterocycles. The number of halogens is 1. The normalized spacial score (nSPS) is 17.4. The van der Waals surface area contributed by atoms with Crippen LogP contribution in [0.15, 0.2) is 18.3 Å². The molecule has 1 aliphatic heterocycles. The zero-order chi connectivity index (χ0) is 19.3. The van der Waals surface area contributed by atoms with Gasteiger partial charge < -0.3 is 15.4 Å². The Labute approximate surface area is 159 Å². The highest BCUT2D eigenvalue weighted by Gasteiger charge is 2.28. The summed E-state index contributed by atoms with van der Waals surface area (Å²) < 4.78 is 5.28. The molecule has 2 heterocycles. The highest BCUT2D eigenvalue weighted by Crippen LogP contribution is 2.19. The first-order chi connectivity index (χ1) is 12.2. The number of piperidine rings is 1. The number of carbonyl (C=O) groups is 2. The van der Waals surface area contributed by atoms with Crippen molar-refractivity contribution in [2.24, 2.45) is 0 Å². The number of hydrogen-bond acceptors (Lipinski definition) is 5. The van der Waals surface area contributed by atoms with Gasteiger partial charge in [0, 0.05) is 25.3 Å². The topological polar surface area (TPSA) is 83.6 Å². The number of ether oxygens (including phenoxy) is 1. The van der Waals surface area contributed by atoms with Crippen LogP contribution < -0.4 is 10.6 Å². The molecule has 1 aliphatic rings. The van der Waals surface area contributed by atoms with Crippen molar-refractivity contribution in [2.75, 3.05) is 18.4 Å². The summed E-state index contributed by atoms with van der Waals surface area (Å²) in [5, 5.41) is 5.98. The van der Waals surface area contributed by atoms with E-state index in [2.05, 4.69) is 20.5 Å². The first-order valence-electron chi connectivity index (χ1n) is 8.80. The van der Waals surface area contributed by atoms with Crippen molar-refractivity contribution in [1.29, 1.82) is 0 Å². The zero-order valence-electron chi connectivity index (χ0n) is 15.7. The predicted molar refractivity (Wildman–Crippen MR) is 101 cm³/mol. The van der Waals surface area contributed by atoms with E-state index in [-0.39, 0.29) is 23.1 Å². The van der Waals surface area contributed by atoms with Crippen molar-refractivity contribution in [3.63, 3.8) is 0 Å². The van der Waals surface area contributed by atoms with Crippen molar-refractivity contribution in [3.05, 3.63) is 23.5 Å². The minimum absolute atomic E-state index is 0.0594. The van der Waals surface area contributed by atoms with E-state index in [0.29, 0.717) is 5.69 Å². The van der Waals surface area contributed by atoms with Crippen LogP contribution in [0.2, 0.25) is 5.15 Å². The lowest BCUT2D eigenvalue weighted by Crippen LogP contribution is -2.51. The number of amides is 2. The van der Waals surface area contributed by atoms with E-state index in [4.69, 9.17) is 16.3 Å². The van der Waals surface area contributed by atoms with Crippen LogP contribution in [0.25, 0.3) is 0 Å². The lowest BCUT2D eigenvalue weighted by molar-refractivity contribution is -0.121. The summed E-state index contributed by atoms with van der Waals surface area (Å²) in [7, 11) is 0. The first-order valence-corrected chi connectivity index (χ1v) is 9.18. The second-order valence-corrected chi connectivity index (χ2v) is 7.82. The Morgan fingerprint density at radius 2 is 2.00 bits per heavy atom. The molecular weight excluding hydrogens is 356 g/mol. The Kier molecular flexibility index (Phi) is 6.83. The molecule has 144 valence electrons. The molecule has 2 N–H and O–H groups in total. The molecule has 1 aromatic rings. The molecule has 1 atom stereocenters. The van der Waals surface area contributed by atoms with Gasteiger partial charge in [-0.25, -0.2) is 9.78 Å². The maximum atomic E-state index is 12.5. The average Bonchev–Trinajstić information content (AvgIpc) is 2.55. The van der Waals surface area contributed by atoms with Gasteiger partial charge in [-0.1, -0.05) is 11.6 Å². The van der Waals surface area contributed by atoms with E-state index in [1.54, 1.807) is 18.3 Å². The van der Waals surface area contributed by atoms with Crippen molar-refractivity contribution in [1.82, 2.24) is 15.2 Å². The van der Waals surface area contributed by atoms with E-state index >= 15 is 0 Å². The Balaban J connectivity index is 1.80. The Morgan fingerprint density at radius 1 is 1.35 bits per heavy atom. The van der Waals surface area contributed by atoms with Crippen LogP contribution in [-0.4, -0.2) is 52.7 Å². The number of hydrogen-bond donors (Lipinski definition) is 2. The minimum atomic E-state index is -0.509. The van der Waals surface area contributed by atoms with Crippen LogP contribution in [0.1, 0.15) is 40.5 Å². The van der Waals surface area contributed by atoms with Gasteiger partial charge in [0.2, 0.25) is 5.91 Å². The molecule has 26 heavy (non-hydrogen) atoms. The predicted octanol–water partition coefficient (Wildman–Crippen LogP) is 3.05. The molecule has 0 bridgehead atoms. The van der Waals surface area contributed by atoms with Gasteiger partial charge in [0.25, 0.3) is 0 Å². The number of likely N-dealkylation sites (tertiary alicyclic amines) is 1. The lowest BCUT2D eigenvalue weighted by atomic mass is 10.0. The molecule has 0 aliphatic carbocycles. The minimum Gasteiger partial charge on any atom is -0.444 e. The van der Waals surface area contributed by atoms with Gasteiger partial charge >= 0.3 is 6.09 Å². The maximum absolute atomic E-state index is 12.5. The molecular formula is C18H27ClN4O3. The van der Waals surface area contributed by atoms with Crippen LogP contribution in [0.3, 0.4) is 0 Å². The van der Waals surface area contributed by atoms with Gasteiger partial charge in [-0.05, 0) is 52.7 Å². The van der Waals surface area contributed by atoms with Gasteiger partial charge in [-0.15, -0.1) is 0 Å². The Hall–Kier alpha value is -1.86. The Morgan fingerprint density at radius 3 is 2.58 bits per heavy atom. The summed E-state index contributed by atoms with van der Waals surface area (Å²) in [5.74, 6) is -0.126. The number of pyridine rings is 1. The summed E-state index contributed by atoms with van der Waals surface area (Å²) >= 11 is 5.98. The van der Waals surface area contributed by atoms with Gasteiger partial charge in [0.15, 0.2) is 5.15 Å². The van der Waals surface area contributed by atoms with E-state index in [9.17, 15) is 9.59 Å². The molecule has 0 spiro atoms. The standard InChI is InChI=1S/C18H27ClN4O3/c1-12(16(24)22-14-6-5-9-20-15(14)19)23-10-7-13(8-11-23)21-17(25)26-18(2,3)4/h5-6,9,12-13H,7-8,10-11H2,1-4H3,(H,21,25)(H,22,24). The third kappa shape index (κ3) is 6.14. The van der Waals surface area contributed by atoms with Crippen LogP contribution in [0.5, 0.6) is 0 Å². The number of nitrogens with one attached hydrogen (secondary N) is 2. The summed E-state index contributed by atoms with van der Waals surface area (Å²) in [6.45, 7) is 8.81. The summed E-state index contributed by atoms with van der Waals surface area (Å²) in [6.07, 6.45) is 2.71. The van der Waals surface area contributed by atoms with Gasteiger partial charge in [-0.2, -0.15) is 0 Å². The molecule has 2 amide bonds. The van der Waals surface area contributed by atoms with E-state index in [0.717, 1.165) is 25.9 Å². The van der Waals surface area contributed by atoms with Crippen LogP contribution >= 0.6 is 11.6 Å². The molecule has 0 radical (unpaired) electrons. The molecule has 0 saturated carbocycles. The molecule has 2 rings (SSSR count). The van der Waals surface area contributed by atoms with E-state index in [1.807, 2.05) is 27.7 Å². The zero-order valence-corrected chi connectivity index (χ0v) is 16.5.